The molecule has 1 aromatic heterocycles. The lowest BCUT2D eigenvalue weighted by Crippen LogP contribution is -2.34. The highest BCUT2D eigenvalue weighted by Gasteiger charge is 2.36. The van der Waals surface area contributed by atoms with Crippen LogP contribution in [-0.2, 0) is 16.8 Å². The van der Waals surface area contributed by atoms with E-state index in [2.05, 4.69) is 15.5 Å². The molecule has 3 N–H and O–H groups in total. The largest absolute Gasteiger partial charge is 0.349 e. The molecular formula is C17H22N4O2. The third-order valence-corrected chi connectivity index (χ3v) is 4.37. The Morgan fingerprint density at radius 1 is 1.35 bits per heavy atom. The van der Waals surface area contributed by atoms with Gasteiger partial charge in [0.2, 0.25) is 11.8 Å². The minimum Gasteiger partial charge on any atom is -0.349 e. The molecule has 122 valence electrons. The molecule has 1 saturated carbocycles. The Morgan fingerprint density at radius 2 is 2.04 bits per heavy atom. The minimum atomic E-state index is -0.460. The number of hydrogen-bond acceptors (Lipinski definition) is 5. The Hall–Kier alpha value is -2.21. The Labute approximate surface area is 135 Å². The molecule has 1 amide bonds. The molecule has 1 aliphatic rings. The first kappa shape index (κ1) is 15.7. The highest BCUT2D eigenvalue weighted by Crippen LogP contribution is 2.34. The number of aromatic nitrogens is 2. The predicted octanol–water partition coefficient (Wildman–Crippen LogP) is 2.22. The van der Waals surface area contributed by atoms with Gasteiger partial charge in [0.1, 0.15) is 0 Å². The van der Waals surface area contributed by atoms with Crippen LogP contribution < -0.4 is 11.1 Å². The van der Waals surface area contributed by atoms with Crippen LogP contribution in [0.1, 0.15) is 55.9 Å². The monoisotopic (exact) mass is 314 g/mol. The quantitative estimate of drug-likeness (QED) is 0.882. The van der Waals surface area contributed by atoms with Gasteiger partial charge in [0.25, 0.3) is 0 Å². The summed E-state index contributed by atoms with van der Waals surface area (Å²) >= 11 is 0. The van der Waals surface area contributed by atoms with E-state index in [1.807, 2.05) is 30.3 Å². The zero-order valence-electron chi connectivity index (χ0n) is 13.3. The number of rotatable bonds is 5. The van der Waals surface area contributed by atoms with Crippen LogP contribution in [0.15, 0.2) is 34.9 Å². The number of hydrogen-bond donors (Lipinski definition) is 2. The molecule has 1 fully saturated rings. The number of benzene rings is 1. The van der Waals surface area contributed by atoms with E-state index >= 15 is 0 Å². The van der Waals surface area contributed by atoms with Gasteiger partial charge in [-0.25, -0.2) is 0 Å². The lowest BCUT2D eigenvalue weighted by molar-refractivity contribution is -0.119. The second-order valence-corrected chi connectivity index (χ2v) is 6.24. The maximum absolute atomic E-state index is 11.5. The van der Waals surface area contributed by atoms with Gasteiger partial charge in [-0.2, -0.15) is 4.98 Å². The molecule has 1 aromatic carbocycles. The highest BCUT2D eigenvalue weighted by molar-refractivity contribution is 5.73. The van der Waals surface area contributed by atoms with E-state index in [0.717, 1.165) is 31.2 Å². The minimum absolute atomic E-state index is 0.0929. The summed E-state index contributed by atoms with van der Waals surface area (Å²) in [5, 5.41) is 7.01. The molecule has 6 nitrogen and oxygen atoms in total. The molecule has 0 bridgehead atoms. The molecule has 0 aliphatic heterocycles. The van der Waals surface area contributed by atoms with Gasteiger partial charge in [0, 0.05) is 6.92 Å². The number of carbonyl (C=O) groups excluding carboxylic acids is 1. The van der Waals surface area contributed by atoms with Crippen LogP contribution in [0.5, 0.6) is 0 Å². The normalized spacial score (nSPS) is 17.8. The van der Waals surface area contributed by atoms with Gasteiger partial charge in [0.05, 0.1) is 18.0 Å². The zero-order chi connectivity index (χ0) is 16.3. The van der Waals surface area contributed by atoms with Crippen LogP contribution in [0.4, 0.5) is 0 Å². The number of nitrogens with zero attached hydrogens (tertiary/aromatic N) is 2. The first-order valence-electron chi connectivity index (χ1n) is 8.01. The van der Waals surface area contributed by atoms with Gasteiger partial charge in [-0.3, -0.25) is 4.79 Å². The highest BCUT2D eigenvalue weighted by atomic mass is 16.5. The molecule has 2 aromatic rings. The maximum Gasteiger partial charge on any atom is 0.229 e. The number of nitrogens with two attached hydrogens (primary N) is 1. The van der Waals surface area contributed by atoms with E-state index in [0.29, 0.717) is 18.1 Å². The van der Waals surface area contributed by atoms with Crippen LogP contribution in [0.3, 0.4) is 0 Å². The molecule has 1 unspecified atom stereocenters. The van der Waals surface area contributed by atoms with Crippen molar-refractivity contribution in [2.24, 2.45) is 5.73 Å². The maximum atomic E-state index is 11.5. The SMILES string of the molecule is CC(=O)NC(Cc1nc(C2(N)CCCC2)no1)c1ccccc1. The summed E-state index contributed by atoms with van der Waals surface area (Å²) in [5.74, 6) is 0.989. The van der Waals surface area contributed by atoms with Gasteiger partial charge < -0.3 is 15.6 Å². The molecular weight excluding hydrogens is 292 g/mol. The molecule has 0 saturated heterocycles. The van der Waals surface area contributed by atoms with Crippen molar-refractivity contribution < 1.29 is 9.32 Å². The van der Waals surface area contributed by atoms with Crippen molar-refractivity contribution in [2.45, 2.75) is 50.6 Å². The van der Waals surface area contributed by atoms with Crippen LogP contribution in [0.2, 0.25) is 0 Å². The van der Waals surface area contributed by atoms with Crippen molar-refractivity contribution in [3.05, 3.63) is 47.6 Å². The van der Waals surface area contributed by atoms with E-state index in [1.165, 1.54) is 6.92 Å². The molecule has 0 spiro atoms. The summed E-state index contributed by atoms with van der Waals surface area (Å²) in [4.78, 5) is 16.0. The summed E-state index contributed by atoms with van der Waals surface area (Å²) in [7, 11) is 0. The zero-order valence-corrected chi connectivity index (χ0v) is 13.3. The Balaban J connectivity index is 1.78. The van der Waals surface area contributed by atoms with Gasteiger partial charge in [-0.1, -0.05) is 48.3 Å². The smallest absolute Gasteiger partial charge is 0.229 e. The summed E-state index contributed by atoms with van der Waals surface area (Å²) in [6.07, 6.45) is 4.42. The standard InChI is InChI=1S/C17H22N4O2/c1-12(22)19-14(13-7-3-2-4-8-13)11-15-20-16(21-23-15)17(18)9-5-6-10-17/h2-4,7-8,14H,5-6,9-11,18H2,1H3,(H,19,22). The summed E-state index contributed by atoms with van der Waals surface area (Å²) < 4.78 is 5.38. The van der Waals surface area contributed by atoms with Crippen molar-refractivity contribution in [2.75, 3.05) is 0 Å². The van der Waals surface area contributed by atoms with Gasteiger partial charge >= 0.3 is 0 Å². The second kappa shape index (κ2) is 6.50. The molecule has 1 aliphatic carbocycles. The third-order valence-electron chi connectivity index (χ3n) is 4.37. The van der Waals surface area contributed by atoms with Gasteiger partial charge in [0.15, 0.2) is 5.82 Å². The third kappa shape index (κ3) is 3.59. The van der Waals surface area contributed by atoms with E-state index in [9.17, 15) is 4.79 Å². The van der Waals surface area contributed by atoms with Crippen LogP contribution in [0, 0.1) is 0 Å². The van der Waals surface area contributed by atoms with Crippen molar-refractivity contribution in [3.63, 3.8) is 0 Å². The fourth-order valence-electron chi connectivity index (χ4n) is 3.13. The molecule has 0 radical (unpaired) electrons. The Morgan fingerprint density at radius 3 is 2.70 bits per heavy atom. The second-order valence-electron chi connectivity index (χ2n) is 6.24. The molecule has 1 atom stereocenters. The fourth-order valence-corrected chi connectivity index (χ4v) is 3.13. The van der Waals surface area contributed by atoms with Crippen molar-refractivity contribution in [1.29, 1.82) is 0 Å². The number of amides is 1. The van der Waals surface area contributed by atoms with E-state index < -0.39 is 5.54 Å². The Kier molecular flexibility index (Phi) is 4.43. The van der Waals surface area contributed by atoms with Crippen LogP contribution >= 0.6 is 0 Å². The number of carbonyl (C=O) groups is 1. The van der Waals surface area contributed by atoms with Gasteiger partial charge in [-0.15, -0.1) is 0 Å². The lowest BCUT2D eigenvalue weighted by atomic mass is 9.98. The Bertz CT molecular complexity index is 662. The summed E-state index contributed by atoms with van der Waals surface area (Å²) in [5.41, 5.74) is 6.91. The first-order valence-corrected chi connectivity index (χ1v) is 8.01. The molecule has 6 heteroatoms. The summed E-state index contributed by atoms with van der Waals surface area (Å²) in [6.45, 7) is 1.50. The summed E-state index contributed by atoms with van der Waals surface area (Å²) in [6, 6.07) is 9.57. The van der Waals surface area contributed by atoms with Crippen molar-refractivity contribution in [1.82, 2.24) is 15.5 Å². The first-order chi connectivity index (χ1) is 11.1. The van der Waals surface area contributed by atoms with Crippen LogP contribution in [0.25, 0.3) is 0 Å². The number of nitrogens with one attached hydrogen (secondary N) is 1. The predicted molar refractivity (Wildman–Crippen MR) is 85.3 cm³/mol. The van der Waals surface area contributed by atoms with Gasteiger partial charge in [-0.05, 0) is 18.4 Å². The van der Waals surface area contributed by atoms with E-state index in [1.54, 1.807) is 0 Å². The van der Waals surface area contributed by atoms with E-state index in [4.69, 9.17) is 10.3 Å². The lowest BCUT2D eigenvalue weighted by Gasteiger charge is -2.18. The topological polar surface area (TPSA) is 94.0 Å². The van der Waals surface area contributed by atoms with E-state index in [-0.39, 0.29) is 11.9 Å². The average Bonchev–Trinajstić information content (AvgIpc) is 3.17. The average molecular weight is 314 g/mol. The van der Waals surface area contributed by atoms with Crippen LogP contribution in [-0.4, -0.2) is 16.0 Å². The molecule has 3 rings (SSSR count). The van der Waals surface area contributed by atoms with Crippen molar-refractivity contribution in [3.8, 4) is 0 Å². The fraction of sp³-hybridized carbons (Fsp3) is 0.471. The molecule has 23 heavy (non-hydrogen) atoms. The van der Waals surface area contributed by atoms with Crippen molar-refractivity contribution >= 4 is 5.91 Å². The molecule has 1 heterocycles.